The van der Waals surface area contributed by atoms with E-state index in [1.807, 2.05) is 6.92 Å². The van der Waals surface area contributed by atoms with E-state index >= 15 is 0 Å². The molecule has 1 aliphatic heterocycles. The maximum absolute atomic E-state index is 10.9. The molecule has 1 heterocycles. The molecule has 0 aromatic rings. The van der Waals surface area contributed by atoms with Crippen molar-refractivity contribution >= 4 is 11.9 Å². The van der Waals surface area contributed by atoms with Gasteiger partial charge in [-0.25, -0.2) is 4.79 Å². The molecular weight excluding hydrogens is 158 g/mol. The minimum Gasteiger partial charge on any atom is -0.368 e. The Balaban J connectivity index is 2.77. The number of urea groups is 1. The van der Waals surface area contributed by atoms with Crippen molar-refractivity contribution in [1.82, 2.24) is 4.90 Å². The highest BCUT2D eigenvalue weighted by Gasteiger charge is 2.37. The van der Waals surface area contributed by atoms with Crippen molar-refractivity contribution in [3.8, 4) is 0 Å². The molecule has 1 saturated heterocycles. The van der Waals surface area contributed by atoms with Gasteiger partial charge in [0.15, 0.2) is 0 Å². The summed E-state index contributed by atoms with van der Waals surface area (Å²) in [5, 5.41) is 0. The summed E-state index contributed by atoms with van der Waals surface area (Å²) in [5.41, 5.74) is 10.2. The molecule has 1 aliphatic rings. The highest BCUT2D eigenvalue weighted by molar-refractivity contribution is 5.86. The van der Waals surface area contributed by atoms with Crippen molar-refractivity contribution in [2.45, 2.75) is 19.4 Å². The van der Waals surface area contributed by atoms with E-state index in [1.54, 1.807) is 0 Å². The lowest BCUT2D eigenvalue weighted by Crippen LogP contribution is -2.48. The van der Waals surface area contributed by atoms with Crippen LogP contribution in [-0.2, 0) is 4.79 Å². The average molecular weight is 171 g/mol. The fourth-order valence-corrected chi connectivity index (χ4v) is 1.63. The molecule has 12 heavy (non-hydrogen) atoms. The molecule has 0 radical (unpaired) electrons. The van der Waals surface area contributed by atoms with Crippen molar-refractivity contribution in [2.24, 2.45) is 17.4 Å². The lowest BCUT2D eigenvalue weighted by atomic mass is 10.0. The molecule has 0 saturated carbocycles. The first-order valence-electron chi connectivity index (χ1n) is 3.89. The summed E-state index contributed by atoms with van der Waals surface area (Å²) in [6.45, 7) is 2.42. The van der Waals surface area contributed by atoms with Gasteiger partial charge in [0.05, 0.1) is 0 Å². The van der Waals surface area contributed by atoms with Gasteiger partial charge in [-0.1, -0.05) is 6.92 Å². The van der Waals surface area contributed by atoms with Crippen LogP contribution in [0.1, 0.15) is 13.3 Å². The van der Waals surface area contributed by atoms with Crippen molar-refractivity contribution in [1.29, 1.82) is 0 Å². The maximum atomic E-state index is 10.9. The van der Waals surface area contributed by atoms with Gasteiger partial charge in [-0.2, -0.15) is 0 Å². The molecule has 0 aromatic carbocycles. The fraction of sp³-hybridized carbons (Fsp3) is 0.714. The quantitative estimate of drug-likeness (QED) is 0.544. The van der Waals surface area contributed by atoms with Gasteiger partial charge in [0, 0.05) is 6.54 Å². The van der Waals surface area contributed by atoms with Crippen LogP contribution in [0.5, 0.6) is 0 Å². The SMILES string of the molecule is C[C@@H]1CCN(C(N)=O)C1C(N)=O. The number of carbonyl (C=O) groups excluding carboxylic acids is 2. The monoisotopic (exact) mass is 171 g/mol. The van der Waals surface area contributed by atoms with Crippen molar-refractivity contribution < 1.29 is 9.59 Å². The van der Waals surface area contributed by atoms with E-state index in [2.05, 4.69) is 0 Å². The molecule has 1 fully saturated rings. The van der Waals surface area contributed by atoms with Crippen LogP contribution in [0.15, 0.2) is 0 Å². The molecule has 0 aromatic heterocycles. The number of primary amides is 2. The van der Waals surface area contributed by atoms with Crippen molar-refractivity contribution in [3.63, 3.8) is 0 Å². The molecule has 5 heteroatoms. The van der Waals surface area contributed by atoms with Crippen molar-refractivity contribution in [2.75, 3.05) is 6.54 Å². The zero-order valence-corrected chi connectivity index (χ0v) is 6.99. The summed E-state index contributed by atoms with van der Waals surface area (Å²) >= 11 is 0. The predicted octanol–water partition coefficient (Wildman–Crippen LogP) is -0.739. The first-order chi connectivity index (χ1) is 5.54. The van der Waals surface area contributed by atoms with Crippen molar-refractivity contribution in [3.05, 3.63) is 0 Å². The molecule has 3 amide bonds. The molecule has 1 rings (SSSR count). The second-order valence-corrected chi connectivity index (χ2v) is 3.14. The van der Waals surface area contributed by atoms with Gasteiger partial charge in [0.25, 0.3) is 0 Å². The number of hydrogen-bond acceptors (Lipinski definition) is 2. The van der Waals surface area contributed by atoms with Gasteiger partial charge < -0.3 is 16.4 Å². The highest BCUT2D eigenvalue weighted by Crippen LogP contribution is 2.22. The standard InChI is InChI=1S/C7H13N3O2/c1-4-2-3-10(7(9)12)5(4)6(8)11/h4-5H,2-3H2,1H3,(H2,8,11)(H2,9,12)/t4-,5?/m1/s1. The Hall–Kier alpha value is -1.26. The lowest BCUT2D eigenvalue weighted by Gasteiger charge is -2.21. The minimum atomic E-state index is -0.567. The number of carbonyl (C=O) groups is 2. The van der Waals surface area contributed by atoms with Gasteiger partial charge in [-0.05, 0) is 12.3 Å². The number of hydrogen-bond donors (Lipinski definition) is 2. The number of nitrogens with two attached hydrogens (primary N) is 2. The average Bonchev–Trinajstić information content (AvgIpc) is 2.30. The Kier molecular flexibility index (Phi) is 2.21. The van der Waals surface area contributed by atoms with E-state index in [0.717, 1.165) is 6.42 Å². The van der Waals surface area contributed by atoms with Crippen LogP contribution in [0.25, 0.3) is 0 Å². The second kappa shape index (κ2) is 3.00. The third kappa shape index (κ3) is 1.34. The molecule has 0 aliphatic carbocycles. The summed E-state index contributed by atoms with van der Waals surface area (Å²) in [6, 6.07) is -1.08. The molecule has 68 valence electrons. The van der Waals surface area contributed by atoms with Gasteiger partial charge in [-0.3, -0.25) is 4.79 Å². The fourth-order valence-electron chi connectivity index (χ4n) is 1.63. The summed E-state index contributed by atoms with van der Waals surface area (Å²) in [5.74, 6) is -0.353. The highest BCUT2D eigenvalue weighted by atomic mass is 16.2. The smallest absolute Gasteiger partial charge is 0.315 e. The summed E-state index contributed by atoms with van der Waals surface area (Å²) in [7, 11) is 0. The second-order valence-electron chi connectivity index (χ2n) is 3.14. The van der Waals surface area contributed by atoms with Crippen LogP contribution in [0.2, 0.25) is 0 Å². The zero-order valence-electron chi connectivity index (χ0n) is 6.99. The number of amides is 3. The maximum Gasteiger partial charge on any atom is 0.315 e. The van der Waals surface area contributed by atoms with Crippen LogP contribution in [0, 0.1) is 5.92 Å². The Morgan fingerprint density at radius 2 is 2.00 bits per heavy atom. The van der Waals surface area contributed by atoms with E-state index < -0.39 is 18.0 Å². The Morgan fingerprint density at radius 3 is 2.33 bits per heavy atom. The summed E-state index contributed by atoms with van der Waals surface area (Å²) in [4.78, 5) is 23.0. The Labute approximate surface area is 70.7 Å². The van der Waals surface area contributed by atoms with E-state index in [0.29, 0.717) is 6.54 Å². The first kappa shape index (κ1) is 8.83. The minimum absolute atomic E-state index is 0.120. The van der Waals surface area contributed by atoms with E-state index in [9.17, 15) is 9.59 Å². The molecule has 5 nitrogen and oxygen atoms in total. The Bertz CT molecular complexity index is 217. The van der Waals surface area contributed by atoms with E-state index in [4.69, 9.17) is 11.5 Å². The zero-order chi connectivity index (χ0) is 9.30. The number of rotatable bonds is 1. The van der Waals surface area contributed by atoms with Gasteiger partial charge >= 0.3 is 6.03 Å². The summed E-state index contributed by atoms with van der Waals surface area (Å²) in [6.07, 6.45) is 0.788. The van der Waals surface area contributed by atoms with Gasteiger partial charge in [0.2, 0.25) is 5.91 Å². The van der Waals surface area contributed by atoms with Crippen LogP contribution >= 0.6 is 0 Å². The number of nitrogens with zero attached hydrogens (tertiary/aromatic N) is 1. The van der Waals surface area contributed by atoms with Crippen LogP contribution in [0.3, 0.4) is 0 Å². The molecule has 2 atom stereocenters. The first-order valence-corrected chi connectivity index (χ1v) is 3.89. The largest absolute Gasteiger partial charge is 0.368 e. The van der Waals surface area contributed by atoms with Gasteiger partial charge in [-0.15, -0.1) is 0 Å². The normalized spacial score (nSPS) is 28.9. The van der Waals surface area contributed by atoms with E-state index in [1.165, 1.54) is 4.90 Å². The van der Waals surface area contributed by atoms with Gasteiger partial charge in [0.1, 0.15) is 6.04 Å². The van der Waals surface area contributed by atoms with Crippen LogP contribution in [0.4, 0.5) is 4.79 Å². The third-order valence-electron chi connectivity index (χ3n) is 2.27. The molecule has 0 spiro atoms. The van der Waals surface area contributed by atoms with Crippen LogP contribution < -0.4 is 11.5 Å². The predicted molar refractivity (Wildman–Crippen MR) is 43.1 cm³/mol. The topological polar surface area (TPSA) is 89.4 Å². The molecule has 0 bridgehead atoms. The van der Waals surface area contributed by atoms with E-state index in [-0.39, 0.29) is 5.92 Å². The molecule has 1 unspecified atom stereocenters. The lowest BCUT2D eigenvalue weighted by molar-refractivity contribution is -0.122. The number of likely N-dealkylation sites (tertiary alicyclic amines) is 1. The molecular formula is C7H13N3O2. The third-order valence-corrected chi connectivity index (χ3v) is 2.27. The molecule has 4 N–H and O–H groups in total. The van der Waals surface area contributed by atoms with Crippen LogP contribution in [-0.4, -0.2) is 29.4 Å². The summed E-state index contributed by atoms with van der Waals surface area (Å²) < 4.78 is 0. The Morgan fingerprint density at radius 1 is 1.42 bits per heavy atom.